The first kappa shape index (κ1) is 8.17. The van der Waals surface area contributed by atoms with Gasteiger partial charge >= 0.3 is 0 Å². The third-order valence-corrected chi connectivity index (χ3v) is 2.15. The minimum absolute atomic E-state index is 0.180. The lowest BCUT2D eigenvalue weighted by Gasteiger charge is -2.03. The highest BCUT2D eigenvalue weighted by Crippen LogP contribution is 2.20. The van der Waals surface area contributed by atoms with Gasteiger partial charge in [-0.1, -0.05) is 0 Å². The highest BCUT2D eigenvalue weighted by Gasteiger charge is 2.04. The molecule has 2 aromatic rings. The number of rotatable bonds is 0. The average Bonchev–Trinajstić information content (AvgIpc) is 2.02. The van der Waals surface area contributed by atoms with E-state index in [1.165, 1.54) is 6.07 Å². The van der Waals surface area contributed by atoms with Gasteiger partial charge in [0.2, 0.25) is 0 Å². The molecule has 2 heteroatoms. The maximum Gasteiger partial charge on any atom is 0.133 e. The minimum Gasteiger partial charge on any atom is -0.256 e. The van der Waals surface area contributed by atoms with Crippen molar-refractivity contribution in [2.24, 2.45) is 0 Å². The molecule has 0 spiro atoms. The SMILES string of the molecule is Cc1cc(F)c2c(C)ccnc2c1. The first-order chi connectivity index (χ1) is 6.18. The van der Waals surface area contributed by atoms with E-state index in [0.29, 0.717) is 5.39 Å². The van der Waals surface area contributed by atoms with Crippen LogP contribution in [0.3, 0.4) is 0 Å². The number of aryl methyl sites for hydroxylation is 2. The summed E-state index contributed by atoms with van der Waals surface area (Å²) >= 11 is 0. The van der Waals surface area contributed by atoms with Crippen LogP contribution in [0.2, 0.25) is 0 Å². The molecule has 0 aliphatic rings. The van der Waals surface area contributed by atoms with Gasteiger partial charge in [0.1, 0.15) is 5.82 Å². The summed E-state index contributed by atoms with van der Waals surface area (Å²) < 4.78 is 13.5. The van der Waals surface area contributed by atoms with Crippen LogP contribution in [0, 0.1) is 19.7 Å². The summed E-state index contributed by atoms with van der Waals surface area (Å²) in [5.74, 6) is -0.180. The molecule has 0 atom stereocenters. The monoisotopic (exact) mass is 175 g/mol. The summed E-state index contributed by atoms with van der Waals surface area (Å²) in [5, 5.41) is 0.633. The van der Waals surface area contributed by atoms with Crippen molar-refractivity contribution in [1.29, 1.82) is 0 Å². The topological polar surface area (TPSA) is 12.9 Å². The van der Waals surface area contributed by atoms with Crippen molar-refractivity contribution >= 4 is 10.9 Å². The van der Waals surface area contributed by atoms with E-state index in [1.807, 2.05) is 26.0 Å². The van der Waals surface area contributed by atoms with Crippen LogP contribution in [0.5, 0.6) is 0 Å². The summed E-state index contributed by atoms with van der Waals surface area (Å²) in [6.45, 7) is 3.76. The number of hydrogen-bond donors (Lipinski definition) is 0. The van der Waals surface area contributed by atoms with Crippen molar-refractivity contribution in [3.63, 3.8) is 0 Å². The van der Waals surface area contributed by atoms with Crippen LogP contribution in [-0.4, -0.2) is 4.98 Å². The van der Waals surface area contributed by atoms with E-state index in [4.69, 9.17) is 0 Å². The zero-order valence-corrected chi connectivity index (χ0v) is 7.63. The Bertz CT molecular complexity index is 463. The van der Waals surface area contributed by atoms with Crippen LogP contribution in [0.4, 0.5) is 4.39 Å². The molecule has 0 amide bonds. The van der Waals surface area contributed by atoms with Gasteiger partial charge < -0.3 is 0 Å². The molecule has 0 bridgehead atoms. The van der Waals surface area contributed by atoms with Crippen LogP contribution in [0.15, 0.2) is 24.4 Å². The van der Waals surface area contributed by atoms with E-state index in [2.05, 4.69) is 4.98 Å². The zero-order valence-electron chi connectivity index (χ0n) is 7.63. The Labute approximate surface area is 76.2 Å². The third-order valence-electron chi connectivity index (χ3n) is 2.15. The molecule has 1 heterocycles. The predicted octanol–water partition coefficient (Wildman–Crippen LogP) is 2.99. The lowest BCUT2D eigenvalue weighted by atomic mass is 10.1. The summed E-state index contributed by atoms with van der Waals surface area (Å²) in [6, 6.07) is 5.25. The van der Waals surface area contributed by atoms with Gasteiger partial charge in [-0.3, -0.25) is 4.98 Å². The van der Waals surface area contributed by atoms with Gasteiger partial charge in [0, 0.05) is 11.6 Å². The van der Waals surface area contributed by atoms with Crippen molar-refractivity contribution in [1.82, 2.24) is 4.98 Å². The Morgan fingerprint density at radius 1 is 1.23 bits per heavy atom. The molecule has 0 saturated heterocycles. The maximum absolute atomic E-state index is 13.5. The summed E-state index contributed by atoms with van der Waals surface area (Å²) in [7, 11) is 0. The number of pyridine rings is 1. The highest BCUT2D eigenvalue weighted by atomic mass is 19.1. The predicted molar refractivity (Wildman–Crippen MR) is 51.2 cm³/mol. The molecule has 2 rings (SSSR count). The molecule has 66 valence electrons. The van der Waals surface area contributed by atoms with Crippen LogP contribution in [0.1, 0.15) is 11.1 Å². The van der Waals surface area contributed by atoms with Crippen molar-refractivity contribution in [2.75, 3.05) is 0 Å². The number of halogens is 1. The van der Waals surface area contributed by atoms with Crippen LogP contribution in [-0.2, 0) is 0 Å². The minimum atomic E-state index is -0.180. The van der Waals surface area contributed by atoms with E-state index in [0.717, 1.165) is 16.6 Å². The van der Waals surface area contributed by atoms with Crippen molar-refractivity contribution in [3.05, 3.63) is 41.3 Å². The average molecular weight is 175 g/mol. The standard InChI is InChI=1S/C11H10FN/c1-7-5-9(12)11-8(2)3-4-13-10(11)6-7/h3-6H,1-2H3. The van der Waals surface area contributed by atoms with Gasteiger partial charge in [-0.2, -0.15) is 0 Å². The van der Waals surface area contributed by atoms with Crippen molar-refractivity contribution < 1.29 is 4.39 Å². The van der Waals surface area contributed by atoms with Crippen molar-refractivity contribution in [2.45, 2.75) is 13.8 Å². The molecule has 1 aromatic heterocycles. The fourth-order valence-corrected chi connectivity index (χ4v) is 1.53. The third kappa shape index (κ3) is 1.28. The first-order valence-electron chi connectivity index (χ1n) is 4.20. The molecule has 0 fully saturated rings. The lowest BCUT2D eigenvalue weighted by molar-refractivity contribution is 0.638. The molecule has 0 unspecified atom stereocenters. The molecule has 13 heavy (non-hydrogen) atoms. The Kier molecular flexibility index (Phi) is 1.76. The quantitative estimate of drug-likeness (QED) is 0.599. The molecular formula is C11H10FN. The molecule has 0 N–H and O–H groups in total. The van der Waals surface area contributed by atoms with E-state index in [9.17, 15) is 4.39 Å². The van der Waals surface area contributed by atoms with Gasteiger partial charge in [-0.25, -0.2) is 4.39 Å². The van der Waals surface area contributed by atoms with E-state index in [1.54, 1.807) is 6.20 Å². The molecule has 0 radical (unpaired) electrons. The van der Waals surface area contributed by atoms with Crippen LogP contribution in [0.25, 0.3) is 10.9 Å². The Hall–Kier alpha value is -1.44. The van der Waals surface area contributed by atoms with Gasteiger partial charge in [0.15, 0.2) is 0 Å². The summed E-state index contributed by atoms with van der Waals surface area (Å²) in [6.07, 6.45) is 1.70. The van der Waals surface area contributed by atoms with E-state index in [-0.39, 0.29) is 5.82 Å². The smallest absolute Gasteiger partial charge is 0.133 e. The highest BCUT2D eigenvalue weighted by molar-refractivity contribution is 5.82. The summed E-state index contributed by atoms with van der Waals surface area (Å²) in [5.41, 5.74) is 2.57. The largest absolute Gasteiger partial charge is 0.256 e. The second kappa shape index (κ2) is 2.80. The number of fused-ring (bicyclic) bond motifs is 1. The van der Waals surface area contributed by atoms with E-state index < -0.39 is 0 Å². The number of nitrogens with zero attached hydrogens (tertiary/aromatic N) is 1. The molecule has 1 aromatic carbocycles. The van der Waals surface area contributed by atoms with Gasteiger partial charge in [-0.15, -0.1) is 0 Å². The van der Waals surface area contributed by atoms with Gasteiger partial charge in [0.05, 0.1) is 5.52 Å². The Morgan fingerprint density at radius 2 is 2.00 bits per heavy atom. The molecule has 0 aliphatic heterocycles. The molecule has 0 aliphatic carbocycles. The van der Waals surface area contributed by atoms with E-state index >= 15 is 0 Å². The zero-order chi connectivity index (χ0) is 9.42. The van der Waals surface area contributed by atoms with Gasteiger partial charge in [-0.05, 0) is 43.2 Å². The van der Waals surface area contributed by atoms with Crippen LogP contribution >= 0.6 is 0 Å². The lowest BCUT2D eigenvalue weighted by Crippen LogP contribution is -1.88. The number of benzene rings is 1. The number of aromatic nitrogens is 1. The molecular weight excluding hydrogens is 165 g/mol. The van der Waals surface area contributed by atoms with Gasteiger partial charge in [0.25, 0.3) is 0 Å². The Morgan fingerprint density at radius 3 is 2.77 bits per heavy atom. The normalized spacial score (nSPS) is 10.7. The fraction of sp³-hybridized carbons (Fsp3) is 0.182. The second-order valence-electron chi connectivity index (χ2n) is 3.27. The number of hydrogen-bond acceptors (Lipinski definition) is 1. The fourth-order valence-electron chi connectivity index (χ4n) is 1.53. The van der Waals surface area contributed by atoms with Crippen molar-refractivity contribution in [3.8, 4) is 0 Å². The maximum atomic E-state index is 13.5. The molecule has 1 nitrogen and oxygen atoms in total. The van der Waals surface area contributed by atoms with Crippen LogP contribution < -0.4 is 0 Å². The first-order valence-corrected chi connectivity index (χ1v) is 4.20. The summed E-state index contributed by atoms with van der Waals surface area (Å²) in [4.78, 5) is 4.12. The second-order valence-corrected chi connectivity index (χ2v) is 3.27. The molecule has 0 saturated carbocycles. The Balaban J connectivity index is 2.94.